The molecule has 0 aromatic rings. The fraction of sp³-hybridized carbons (Fsp3) is 1.00. The average Bonchev–Trinajstić information content (AvgIpc) is 3.22. The molecule has 0 spiro atoms. The summed E-state index contributed by atoms with van der Waals surface area (Å²) >= 11 is 0. The van der Waals surface area contributed by atoms with Crippen molar-refractivity contribution in [2.75, 3.05) is 166 Å². The van der Waals surface area contributed by atoms with Gasteiger partial charge in [0.2, 0.25) is 0 Å². The van der Waals surface area contributed by atoms with Crippen LogP contribution in [-0.4, -0.2) is 213 Å². The smallest absolute Gasteiger partial charge is 0.389 e. The van der Waals surface area contributed by atoms with Gasteiger partial charge in [0.05, 0.1) is 52.4 Å². The molecule has 0 aromatic carbocycles. The molecule has 0 aromatic heterocycles. The van der Waals surface area contributed by atoms with E-state index in [9.17, 15) is 15.3 Å². The van der Waals surface area contributed by atoms with Crippen molar-refractivity contribution in [2.24, 2.45) is 5.92 Å². The van der Waals surface area contributed by atoms with Crippen molar-refractivity contribution in [3.63, 3.8) is 0 Å². The number of nitrogens with zero attached hydrogens (tertiary/aromatic N) is 1. The van der Waals surface area contributed by atoms with E-state index >= 15 is 0 Å². The molecule has 0 radical (unpaired) electrons. The highest BCUT2D eigenvalue weighted by molar-refractivity contribution is 8.25. The van der Waals surface area contributed by atoms with Crippen LogP contribution < -0.4 is 21.3 Å². The lowest BCUT2D eigenvalue weighted by Gasteiger charge is -2.39. The number of aliphatic hydroxyl groups excluding tert-OH is 3. The van der Waals surface area contributed by atoms with E-state index in [4.69, 9.17) is 40.6 Å². The average molecular weight is 866 g/mol. The Labute approximate surface area is 349 Å². The number of rotatable bonds is 45. The first kappa shape index (κ1) is 56.9. The van der Waals surface area contributed by atoms with Gasteiger partial charge in [-0.25, -0.2) is 0 Å². The van der Waals surface area contributed by atoms with Crippen molar-refractivity contribution >= 4 is 19.4 Å². The molecule has 19 heteroatoms. The summed E-state index contributed by atoms with van der Waals surface area (Å²) in [6.45, 7) is 14.3. The van der Waals surface area contributed by atoms with Gasteiger partial charge in [0, 0.05) is 132 Å². The lowest BCUT2D eigenvalue weighted by atomic mass is 10.0. The molecular weight excluding hydrogens is 779 g/mol. The predicted octanol–water partition coefficient (Wildman–Crippen LogP) is 1.19. The molecule has 17 nitrogen and oxygen atoms in total. The van der Waals surface area contributed by atoms with Gasteiger partial charge < -0.3 is 68.8 Å². The van der Waals surface area contributed by atoms with E-state index in [-0.39, 0.29) is 13.2 Å². The van der Waals surface area contributed by atoms with Gasteiger partial charge in [-0.05, 0) is 25.2 Å². The second-order valence-corrected chi connectivity index (χ2v) is 20.1. The van der Waals surface area contributed by atoms with Gasteiger partial charge in [0.1, 0.15) is 5.94 Å². The maximum Gasteiger partial charge on any atom is 0.500 e. The minimum atomic E-state index is -2.65. The third-order valence-corrected chi connectivity index (χ3v) is 15.1. The SMILES string of the molecule is CCCCC(CC)COCC(O)CNCCNCCNCCN(CCNCC(O)COCCCS(COC)(OC)OC)CC(O)COCCC[Si](OC)(OC)OC. The number of hydrogen-bond donors (Lipinski definition) is 7. The zero-order chi connectivity index (χ0) is 42.5. The molecule has 57 heavy (non-hydrogen) atoms. The Kier molecular flexibility index (Phi) is 38.7. The van der Waals surface area contributed by atoms with E-state index < -0.39 is 37.7 Å². The summed E-state index contributed by atoms with van der Waals surface area (Å²) in [6.07, 6.45) is 4.37. The molecule has 346 valence electrons. The summed E-state index contributed by atoms with van der Waals surface area (Å²) in [7, 11) is 5.28. The molecule has 0 heterocycles. The van der Waals surface area contributed by atoms with Gasteiger partial charge in [-0.2, -0.15) is 10.6 Å². The summed E-state index contributed by atoms with van der Waals surface area (Å²) in [5.41, 5.74) is 0. The fourth-order valence-corrected chi connectivity index (χ4v) is 9.37. The first-order valence-electron chi connectivity index (χ1n) is 21.0. The Morgan fingerprint density at radius 3 is 1.70 bits per heavy atom. The molecule has 7 N–H and O–H groups in total. The predicted molar refractivity (Wildman–Crippen MR) is 231 cm³/mol. The summed E-state index contributed by atoms with van der Waals surface area (Å²) in [4.78, 5) is 2.19. The molecule has 4 unspecified atom stereocenters. The first-order valence-corrected chi connectivity index (χ1v) is 24.7. The molecule has 0 fully saturated rings. The zero-order valence-corrected chi connectivity index (χ0v) is 38.9. The number of hydrogen-bond acceptors (Lipinski definition) is 17. The molecular formula is C38H87N5O12SSi. The third-order valence-electron chi connectivity index (χ3n) is 9.58. The maximum atomic E-state index is 10.8. The molecule has 0 saturated heterocycles. The van der Waals surface area contributed by atoms with Crippen LogP contribution in [0.3, 0.4) is 0 Å². The van der Waals surface area contributed by atoms with Crippen LogP contribution in [0.4, 0.5) is 0 Å². The second-order valence-electron chi connectivity index (χ2n) is 14.2. The van der Waals surface area contributed by atoms with Crippen LogP contribution in [0.25, 0.3) is 0 Å². The van der Waals surface area contributed by atoms with E-state index in [1.165, 1.54) is 19.3 Å². The van der Waals surface area contributed by atoms with E-state index in [0.717, 1.165) is 58.7 Å². The number of nitrogens with one attached hydrogen (secondary N) is 4. The summed E-state index contributed by atoms with van der Waals surface area (Å²) in [5, 5.41) is 45.0. The van der Waals surface area contributed by atoms with Crippen LogP contribution in [0.1, 0.15) is 52.4 Å². The van der Waals surface area contributed by atoms with Crippen molar-refractivity contribution in [3.05, 3.63) is 0 Å². The van der Waals surface area contributed by atoms with Crippen molar-refractivity contribution in [1.29, 1.82) is 0 Å². The number of unbranched alkanes of at least 4 members (excludes halogenated alkanes) is 1. The molecule has 0 saturated carbocycles. The Hall–Kier alpha value is -0.113. The molecule has 4 atom stereocenters. The van der Waals surface area contributed by atoms with Gasteiger partial charge in [-0.15, -0.1) is 0 Å². The Morgan fingerprint density at radius 2 is 1.14 bits per heavy atom. The van der Waals surface area contributed by atoms with Crippen molar-refractivity contribution in [2.45, 2.75) is 76.7 Å². The van der Waals surface area contributed by atoms with Gasteiger partial charge in [0.15, 0.2) is 0 Å². The Morgan fingerprint density at radius 1 is 0.614 bits per heavy atom. The van der Waals surface area contributed by atoms with Crippen molar-refractivity contribution < 1.29 is 55.9 Å². The highest BCUT2D eigenvalue weighted by Gasteiger charge is 2.36. The lowest BCUT2D eigenvalue weighted by Crippen LogP contribution is -2.44. The van der Waals surface area contributed by atoms with Crippen LogP contribution in [0.15, 0.2) is 0 Å². The third kappa shape index (κ3) is 30.5. The minimum absolute atomic E-state index is 0.220. The molecule has 0 aliphatic rings. The number of aliphatic hydroxyl groups is 3. The fourth-order valence-electron chi connectivity index (χ4n) is 5.98. The van der Waals surface area contributed by atoms with E-state index in [1.807, 2.05) is 0 Å². The van der Waals surface area contributed by atoms with Gasteiger partial charge in [-0.3, -0.25) is 13.3 Å². The van der Waals surface area contributed by atoms with Gasteiger partial charge in [0.25, 0.3) is 0 Å². The highest BCUT2D eigenvalue weighted by atomic mass is 32.3. The topological polar surface area (TPSA) is 195 Å². The Bertz CT molecular complexity index is 856. The molecule has 0 rings (SSSR count). The largest absolute Gasteiger partial charge is 0.500 e. The molecule has 0 aliphatic heterocycles. The molecule has 0 amide bonds. The first-order chi connectivity index (χ1) is 27.6. The molecule has 0 bridgehead atoms. The van der Waals surface area contributed by atoms with Gasteiger partial charge >= 0.3 is 8.80 Å². The second kappa shape index (κ2) is 38.8. The molecule has 0 aliphatic carbocycles. The maximum absolute atomic E-state index is 10.8. The monoisotopic (exact) mass is 866 g/mol. The Balaban J connectivity index is 4.49. The van der Waals surface area contributed by atoms with E-state index in [2.05, 4.69) is 40.0 Å². The lowest BCUT2D eigenvalue weighted by molar-refractivity contribution is 0.0153. The zero-order valence-electron chi connectivity index (χ0n) is 37.1. The van der Waals surface area contributed by atoms with Crippen molar-refractivity contribution in [3.8, 4) is 0 Å². The summed E-state index contributed by atoms with van der Waals surface area (Å²) in [5.74, 6) is 1.67. The van der Waals surface area contributed by atoms with E-state index in [1.54, 1.807) is 42.7 Å². The van der Waals surface area contributed by atoms with Crippen molar-refractivity contribution in [1.82, 2.24) is 26.2 Å². The summed E-state index contributed by atoms with van der Waals surface area (Å²) in [6, 6.07) is 0.632. The van der Waals surface area contributed by atoms with Gasteiger partial charge in [-0.1, -0.05) is 33.1 Å². The standard InChI is InChI=1S/C38H87N5O12SSi/c1-9-11-14-35(10-2)30-55-32-37(45)27-41-18-17-39-15-16-40-19-21-43(29-38(46)33-54-24-13-26-57(50-6,51-7)52-8)22-20-42-28-36(44)31-53-23-12-25-56(48-4,49-5)34-47-3/h35-42,44-46H,9-34H2,1-8H3. The van der Waals surface area contributed by atoms with Crippen LogP contribution in [0.5, 0.6) is 0 Å². The normalized spacial score (nSPS) is 15.0. The summed E-state index contributed by atoms with van der Waals surface area (Å²) < 4.78 is 50.0. The highest BCUT2D eigenvalue weighted by Crippen LogP contribution is 2.49. The van der Waals surface area contributed by atoms with Crippen LogP contribution in [0, 0.1) is 5.92 Å². The quantitative estimate of drug-likeness (QED) is 0.0341. The van der Waals surface area contributed by atoms with E-state index in [0.29, 0.717) is 82.6 Å². The number of methoxy groups -OCH3 is 1. The van der Waals surface area contributed by atoms with Crippen LogP contribution in [0.2, 0.25) is 6.04 Å². The number of ether oxygens (including phenoxy) is 4. The van der Waals surface area contributed by atoms with Crippen LogP contribution >= 0.6 is 10.6 Å². The van der Waals surface area contributed by atoms with Crippen LogP contribution in [-0.2, 0) is 40.6 Å². The minimum Gasteiger partial charge on any atom is -0.389 e.